The van der Waals surface area contributed by atoms with E-state index in [2.05, 4.69) is 19.9 Å². The standard InChI is InChI=1S/C18H19N7/c1-11-8-16(22-10-21-11)25-7-6-14-15(9-25)23-18(24-17(14)20)12-2-4-13(19)5-3-12/h2-5,8,10H,6-7,9,19H2,1H3,(H2,20,23,24). The number of fused-ring (bicyclic) bond motifs is 1. The Bertz CT molecular complexity index is 921. The highest BCUT2D eigenvalue weighted by Crippen LogP contribution is 2.27. The third-order valence-corrected chi connectivity index (χ3v) is 4.38. The van der Waals surface area contributed by atoms with Crippen LogP contribution in [0.25, 0.3) is 11.4 Å². The summed E-state index contributed by atoms with van der Waals surface area (Å²) in [7, 11) is 0. The van der Waals surface area contributed by atoms with Crippen LogP contribution in [-0.2, 0) is 13.0 Å². The first-order valence-electron chi connectivity index (χ1n) is 8.15. The lowest BCUT2D eigenvalue weighted by atomic mass is 10.0. The molecule has 4 N–H and O–H groups in total. The van der Waals surface area contributed by atoms with Crippen LogP contribution in [0.1, 0.15) is 17.0 Å². The summed E-state index contributed by atoms with van der Waals surface area (Å²) in [6.45, 7) is 3.45. The predicted octanol–water partition coefficient (Wildman–Crippen LogP) is 1.97. The molecule has 0 unspecified atom stereocenters. The first-order chi connectivity index (χ1) is 12.1. The number of hydrogen-bond acceptors (Lipinski definition) is 7. The van der Waals surface area contributed by atoms with Crippen LogP contribution in [0.5, 0.6) is 0 Å². The summed E-state index contributed by atoms with van der Waals surface area (Å²) in [5.74, 6) is 2.08. The van der Waals surface area contributed by atoms with E-state index in [9.17, 15) is 0 Å². The number of benzene rings is 1. The average molecular weight is 333 g/mol. The lowest BCUT2D eigenvalue weighted by molar-refractivity contribution is 0.696. The second-order valence-corrected chi connectivity index (χ2v) is 6.17. The van der Waals surface area contributed by atoms with E-state index in [4.69, 9.17) is 16.5 Å². The first kappa shape index (κ1) is 15.3. The summed E-state index contributed by atoms with van der Waals surface area (Å²) in [6, 6.07) is 9.47. The Labute approximate surface area is 145 Å². The Morgan fingerprint density at radius 2 is 1.84 bits per heavy atom. The summed E-state index contributed by atoms with van der Waals surface area (Å²) in [4.78, 5) is 20.0. The van der Waals surface area contributed by atoms with E-state index in [1.807, 2.05) is 37.3 Å². The van der Waals surface area contributed by atoms with Crippen molar-refractivity contribution in [3.63, 3.8) is 0 Å². The number of rotatable bonds is 2. The largest absolute Gasteiger partial charge is 0.399 e. The number of nitrogen functional groups attached to an aromatic ring is 2. The van der Waals surface area contributed by atoms with Gasteiger partial charge in [0, 0.05) is 35.1 Å². The van der Waals surface area contributed by atoms with E-state index in [0.717, 1.165) is 41.3 Å². The molecule has 1 aromatic carbocycles. The van der Waals surface area contributed by atoms with Crippen LogP contribution in [0.4, 0.5) is 17.3 Å². The molecule has 0 saturated carbocycles. The number of hydrogen-bond donors (Lipinski definition) is 2. The van der Waals surface area contributed by atoms with Gasteiger partial charge in [0.1, 0.15) is 18.0 Å². The third-order valence-electron chi connectivity index (χ3n) is 4.38. The van der Waals surface area contributed by atoms with Crippen molar-refractivity contribution in [3.05, 3.63) is 53.6 Å². The Balaban J connectivity index is 1.70. The number of aryl methyl sites for hydroxylation is 1. The minimum atomic E-state index is 0.551. The summed E-state index contributed by atoms with van der Waals surface area (Å²) in [5.41, 5.74) is 16.5. The Morgan fingerprint density at radius 3 is 2.60 bits per heavy atom. The fourth-order valence-corrected chi connectivity index (χ4v) is 3.03. The van der Waals surface area contributed by atoms with Crippen LogP contribution in [0, 0.1) is 6.92 Å². The van der Waals surface area contributed by atoms with E-state index < -0.39 is 0 Å². The molecule has 3 heterocycles. The molecule has 7 nitrogen and oxygen atoms in total. The summed E-state index contributed by atoms with van der Waals surface area (Å²) in [6.07, 6.45) is 2.39. The molecule has 1 aliphatic rings. The van der Waals surface area contributed by atoms with Crippen LogP contribution in [0.3, 0.4) is 0 Å². The molecule has 25 heavy (non-hydrogen) atoms. The maximum atomic E-state index is 6.20. The smallest absolute Gasteiger partial charge is 0.161 e. The lowest BCUT2D eigenvalue weighted by Crippen LogP contribution is -2.32. The normalized spacial score (nSPS) is 13.6. The van der Waals surface area contributed by atoms with Crippen molar-refractivity contribution < 1.29 is 0 Å². The second-order valence-electron chi connectivity index (χ2n) is 6.17. The van der Waals surface area contributed by atoms with Gasteiger partial charge in [-0.3, -0.25) is 0 Å². The van der Waals surface area contributed by atoms with Crippen molar-refractivity contribution in [1.29, 1.82) is 0 Å². The second kappa shape index (κ2) is 6.01. The van der Waals surface area contributed by atoms with E-state index in [1.165, 1.54) is 0 Å². The molecule has 4 rings (SSSR count). The van der Waals surface area contributed by atoms with Gasteiger partial charge in [0.2, 0.25) is 0 Å². The van der Waals surface area contributed by atoms with Gasteiger partial charge in [-0.05, 0) is 37.6 Å². The molecular weight excluding hydrogens is 314 g/mol. The summed E-state index contributed by atoms with van der Waals surface area (Å²) < 4.78 is 0. The highest BCUT2D eigenvalue weighted by atomic mass is 15.2. The molecule has 126 valence electrons. The third kappa shape index (κ3) is 2.96. The van der Waals surface area contributed by atoms with Gasteiger partial charge in [0.25, 0.3) is 0 Å². The summed E-state index contributed by atoms with van der Waals surface area (Å²) >= 11 is 0. The highest BCUT2D eigenvalue weighted by Gasteiger charge is 2.22. The molecule has 7 heteroatoms. The van der Waals surface area contributed by atoms with Crippen molar-refractivity contribution in [3.8, 4) is 11.4 Å². The lowest BCUT2D eigenvalue weighted by Gasteiger charge is -2.29. The van der Waals surface area contributed by atoms with Gasteiger partial charge in [0.15, 0.2) is 5.82 Å². The van der Waals surface area contributed by atoms with Crippen LogP contribution in [0.2, 0.25) is 0 Å². The Kier molecular flexibility index (Phi) is 3.68. The molecule has 0 atom stereocenters. The van der Waals surface area contributed by atoms with E-state index in [1.54, 1.807) is 6.33 Å². The minimum Gasteiger partial charge on any atom is -0.399 e. The first-order valence-corrected chi connectivity index (χ1v) is 8.15. The van der Waals surface area contributed by atoms with Gasteiger partial charge in [-0.1, -0.05) is 0 Å². The molecule has 1 aliphatic heterocycles. The van der Waals surface area contributed by atoms with Gasteiger partial charge < -0.3 is 16.4 Å². The van der Waals surface area contributed by atoms with E-state index in [0.29, 0.717) is 23.9 Å². The molecule has 3 aromatic rings. The minimum absolute atomic E-state index is 0.551. The number of aromatic nitrogens is 4. The van der Waals surface area contributed by atoms with Crippen molar-refractivity contribution in [2.75, 3.05) is 22.9 Å². The maximum Gasteiger partial charge on any atom is 0.161 e. The summed E-state index contributed by atoms with van der Waals surface area (Å²) in [5, 5.41) is 0. The SMILES string of the molecule is Cc1cc(N2CCc3c(N)nc(-c4ccc(N)cc4)nc3C2)ncn1. The molecule has 0 radical (unpaired) electrons. The molecule has 0 saturated heterocycles. The monoisotopic (exact) mass is 333 g/mol. The van der Waals surface area contributed by atoms with Crippen molar-refractivity contribution in [1.82, 2.24) is 19.9 Å². The van der Waals surface area contributed by atoms with Crippen LogP contribution in [0.15, 0.2) is 36.7 Å². The van der Waals surface area contributed by atoms with Gasteiger partial charge >= 0.3 is 0 Å². The zero-order valence-electron chi connectivity index (χ0n) is 14.0. The van der Waals surface area contributed by atoms with Crippen molar-refractivity contribution in [2.45, 2.75) is 19.9 Å². The zero-order valence-corrected chi connectivity index (χ0v) is 14.0. The van der Waals surface area contributed by atoms with Gasteiger partial charge in [-0.15, -0.1) is 0 Å². The van der Waals surface area contributed by atoms with Crippen LogP contribution >= 0.6 is 0 Å². The maximum absolute atomic E-state index is 6.20. The van der Waals surface area contributed by atoms with E-state index in [-0.39, 0.29) is 0 Å². The van der Waals surface area contributed by atoms with Crippen molar-refractivity contribution >= 4 is 17.3 Å². The highest BCUT2D eigenvalue weighted by molar-refractivity contribution is 5.62. The average Bonchev–Trinajstić information content (AvgIpc) is 2.62. The van der Waals surface area contributed by atoms with E-state index >= 15 is 0 Å². The molecule has 2 aromatic heterocycles. The predicted molar refractivity (Wildman–Crippen MR) is 97.8 cm³/mol. The topological polar surface area (TPSA) is 107 Å². The molecule has 0 bridgehead atoms. The molecule has 0 fully saturated rings. The fourth-order valence-electron chi connectivity index (χ4n) is 3.03. The quantitative estimate of drug-likeness (QED) is 0.690. The molecular formula is C18H19N7. The van der Waals surface area contributed by atoms with Gasteiger partial charge in [-0.25, -0.2) is 19.9 Å². The number of anilines is 3. The van der Waals surface area contributed by atoms with Crippen LogP contribution < -0.4 is 16.4 Å². The van der Waals surface area contributed by atoms with Gasteiger partial charge in [0.05, 0.1) is 12.2 Å². The number of nitrogens with zero attached hydrogens (tertiary/aromatic N) is 5. The molecule has 0 spiro atoms. The van der Waals surface area contributed by atoms with Gasteiger partial charge in [-0.2, -0.15) is 0 Å². The Morgan fingerprint density at radius 1 is 1.04 bits per heavy atom. The molecule has 0 aliphatic carbocycles. The van der Waals surface area contributed by atoms with Crippen molar-refractivity contribution in [2.24, 2.45) is 0 Å². The number of nitrogens with two attached hydrogens (primary N) is 2. The Hall–Kier alpha value is -3.22. The van der Waals surface area contributed by atoms with Crippen LogP contribution in [-0.4, -0.2) is 26.5 Å². The molecule has 0 amide bonds. The fraction of sp³-hybridized carbons (Fsp3) is 0.222. The zero-order chi connectivity index (χ0) is 17.4.